The molecule has 0 unspecified atom stereocenters. The molecular formula is C9H15ClO5S. The predicted molar refractivity (Wildman–Crippen MR) is 58.8 cm³/mol. The second kappa shape index (κ2) is 5.84. The van der Waals surface area contributed by atoms with Crippen LogP contribution in [0.25, 0.3) is 0 Å². The third-order valence-electron chi connectivity index (χ3n) is 2.28. The Bertz CT molecular complexity index is 340. The lowest BCUT2D eigenvalue weighted by molar-refractivity contribution is -0.164. The average Bonchev–Trinajstić information content (AvgIpc) is 2.16. The maximum Gasteiger partial charge on any atom is 0.335 e. The molecule has 1 aliphatic heterocycles. The molecule has 94 valence electrons. The van der Waals surface area contributed by atoms with Crippen molar-refractivity contribution < 1.29 is 22.7 Å². The van der Waals surface area contributed by atoms with Gasteiger partial charge < -0.3 is 9.47 Å². The van der Waals surface area contributed by atoms with Crippen molar-refractivity contribution in [3.05, 3.63) is 0 Å². The van der Waals surface area contributed by atoms with Crippen LogP contribution in [0, 0.1) is 0 Å². The molecular weight excluding hydrogens is 256 g/mol. The fourth-order valence-electron chi connectivity index (χ4n) is 1.65. The fourth-order valence-corrected chi connectivity index (χ4v) is 2.76. The molecule has 2 atom stereocenters. The molecule has 0 spiro atoms. The van der Waals surface area contributed by atoms with E-state index in [1.54, 1.807) is 6.92 Å². The monoisotopic (exact) mass is 270 g/mol. The van der Waals surface area contributed by atoms with E-state index in [-0.39, 0.29) is 12.4 Å². The minimum atomic E-state index is -3.59. The van der Waals surface area contributed by atoms with E-state index in [9.17, 15) is 13.2 Å². The Morgan fingerprint density at radius 2 is 2.19 bits per heavy atom. The Hall–Kier alpha value is -0.330. The van der Waals surface area contributed by atoms with E-state index in [4.69, 9.17) is 20.2 Å². The largest absolute Gasteiger partial charge is 0.464 e. The first-order valence-electron chi connectivity index (χ1n) is 5.17. The molecule has 16 heavy (non-hydrogen) atoms. The van der Waals surface area contributed by atoms with Crippen molar-refractivity contribution in [2.45, 2.75) is 38.4 Å². The number of hydrogen-bond donors (Lipinski definition) is 0. The molecule has 0 aromatic heterocycles. The number of rotatable bonds is 4. The smallest absolute Gasteiger partial charge is 0.335 e. The van der Waals surface area contributed by atoms with Gasteiger partial charge in [0.15, 0.2) is 6.10 Å². The zero-order valence-corrected chi connectivity index (χ0v) is 10.6. The molecule has 1 aliphatic rings. The molecule has 0 bridgehead atoms. The molecule has 0 aromatic carbocycles. The van der Waals surface area contributed by atoms with Gasteiger partial charge in [0.25, 0.3) is 0 Å². The van der Waals surface area contributed by atoms with Crippen molar-refractivity contribution in [3.8, 4) is 0 Å². The van der Waals surface area contributed by atoms with Crippen LogP contribution in [-0.2, 0) is 23.3 Å². The normalized spacial score (nSPS) is 26.4. The van der Waals surface area contributed by atoms with E-state index in [0.29, 0.717) is 12.8 Å². The topological polar surface area (TPSA) is 69.7 Å². The predicted octanol–water partition coefficient (Wildman–Crippen LogP) is 1.06. The van der Waals surface area contributed by atoms with E-state index < -0.39 is 27.2 Å². The van der Waals surface area contributed by atoms with Gasteiger partial charge in [0.05, 0.1) is 18.5 Å². The summed E-state index contributed by atoms with van der Waals surface area (Å²) >= 11 is 0. The van der Waals surface area contributed by atoms with Crippen molar-refractivity contribution in [2.24, 2.45) is 0 Å². The summed E-state index contributed by atoms with van der Waals surface area (Å²) in [6.45, 7) is 2.00. The second-order valence-corrected chi connectivity index (χ2v) is 6.46. The van der Waals surface area contributed by atoms with Gasteiger partial charge in [0, 0.05) is 10.7 Å². The van der Waals surface area contributed by atoms with Gasteiger partial charge in [-0.2, -0.15) is 0 Å². The lowest BCUT2D eigenvalue weighted by Crippen LogP contribution is -2.37. The van der Waals surface area contributed by atoms with Crippen LogP contribution in [0.3, 0.4) is 0 Å². The highest BCUT2D eigenvalue weighted by atomic mass is 35.7. The number of halogens is 1. The Morgan fingerprint density at radius 3 is 2.75 bits per heavy atom. The minimum absolute atomic E-state index is 0.259. The van der Waals surface area contributed by atoms with Crippen LogP contribution in [0.4, 0.5) is 0 Å². The molecule has 0 amide bonds. The van der Waals surface area contributed by atoms with Gasteiger partial charge in [-0.05, 0) is 26.2 Å². The first-order chi connectivity index (χ1) is 7.42. The Kier molecular flexibility index (Phi) is 5.01. The molecule has 1 rings (SSSR count). The van der Waals surface area contributed by atoms with E-state index in [2.05, 4.69) is 0 Å². The highest BCUT2D eigenvalue weighted by Gasteiger charge is 2.30. The van der Waals surface area contributed by atoms with Crippen LogP contribution in [0.2, 0.25) is 0 Å². The van der Waals surface area contributed by atoms with Gasteiger partial charge in [-0.3, -0.25) is 0 Å². The number of esters is 1. The lowest BCUT2D eigenvalue weighted by atomic mass is 10.1. The van der Waals surface area contributed by atoms with Gasteiger partial charge in [-0.1, -0.05) is 0 Å². The maximum absolute atomic E-state index is 11.4. The molecule has 1 saturated heterocycles. The van der Waals surface area contributed by atoms with E-state index in [1.807, 2.05) is 0 Å². The highest BCUT2D eigenvalue weighted by Crippen LogP contribution is 2.22. The molecule has 1 fully saturated rings. The molecule has 0 saturated carbocycles. The average molecular weight is 271 g/mol. The van der Waals surface area contributed by atoms with Gasteiger partial charge in [0.1, 0.15) is 0 Å². The van der Waals surface area contributed by atoms with Crippen molar-refractivity contribution in [2.75, 3.05) is 12.4 Å². The van der Waals surface area contributed by atoms with Crippen molar-refractivity contribution >= 4 is 25.7 Å². The van der Waals surface area contributed by atoms with Gasteiger partial charge in [-0.15, -0.1) is 0 Å². The van der Waals surface area contributed by atoms with Crippen molar-refractivity contribution in [3.63, 3.8) is 0 Å². The zero-order valence-electron chi connectivity index (χ0n) is 9.02. The second-order valence-electron chi connectivity index (χ2n) is 3.64. The summed E-state index contributed by atoms with van der Waals surface area (Å²) in [7, 11) is 1.54. The molecule has 7 heteroatoms. The van der Waals surface area contributed by atoms with E-state index >= 15 is 0 Å². The summed E-state index contributed by atoms with van der Waals surface area (Å²) in [5.74, 6) is -0.691. The first-order valence-corrected chi connectivity index (χ1v) is 7.64. The number of carbonyl (C=O) groups is 1. The molecule has 1 heterocycles. The van der Waals surface area contributed by atoms with Crippen LogP contribution in [0.5, 0.6) is 0 Å². The molecule has 5 nitrogen and oxygen atoms in total. The van der Waals surface area contributed by atoms with Crippen LogP contribution in [-0.4, -0.2) is 39.0 Å². The summed E-state index contributed by atoms with van der Waals surface area (Å²) in [5.41, 5.74) is 0. The maximum atomic E-state index is 11.4. The molecule has 0 aromatic rings. The molecule has 0 aliphatic carbocycles. The number of ether oxygens (including phenoxy) is 2. The van der Waals surface area contributed by atoms with Gasteiger partial charge in [-0.25, -0.2) is 13.2 Å². The summed E-state index contributed by atoms with van der Waals surface area (Å²) in [6, 6.07) is 0. The Labute approximate surface area is 99.5 Å². The third kappa shape index (κ3) is 4.67. The standard InChI is InChI=1S/C9H15ClO5S/c1-2-14-9(11)8-5-3-4-7(15-8)6-16(10,12)13/h7-8H,2-6H2,1H3/t7-,8-/m1/s1. The van der Waals surface area contributed by atoms with E-state index in [1.165, 1.54) is 0 Å². The van der Waals surface area contributed by atoms with Gasteiger partial charge >= 0.3 is 5.97 Å². The third-order valence-corrected chi connectivity index (χ3v) is 3.43. The van der Waals surface area contributed by atoms with Crippen molar-refractivity contribution in [1.82, 2.24) is 0 Å². The van der Waals surface area contributed by atoms with E-state index in [0.717, 1.165) is 6.42 Å². The zero-order chi connectivity index (χ0) is 12.2. The Morgan fingerprint density at radius 1 is 1.50 bits per heavy atom. The SMILES string of the molecule is CCOC(=O)[C@H]1CCC[C@H](CS(=O)(=O)Cl)O1. The Balaban J connectivity index is 2.50. The number of carbonyl (C=O) groups excluding carboxylic acids is 1. The number of hydrogen-bond acceptors (Lipinski definition) is 5. The molecule has 0 N–H and O–H groups in total. The molecule has 0 radical (unpaired) electrons. The highest BCUT2D eigenvalue weighted by molar-refractivity contribution is 8.13. The van der Waals surface area contributed by atoms with Crippen LogP contribution in [0.1, 0.15) is 26.2 Å². The summed E-state index contributed by atoms with van der Waals surface area (Å²) in [6.07, 6.45) is 0.739. The van der Waals surface area contributed by atoms with Crippen LogP contribution < -0.4 is 0 Å². The van der Waals surface area contributed by atoms with Crippen molar-refractivity contribution in [1.29, 1.82) is 0 Å². The van der Waals surface area contributed by atoms with Crippen LogP contribution >= 0.6 is 10.7 Å². The van der Waals surface area contributed by atoms with Gasteiger partial charge in [0.2, 0.25) is 9.05 Å². The first kappa shape index (κ1) is 13.7. The summed E-state index contributed by atoms with van der Waals surface area (Å²) in [5, 5.41) is 0. The summed E-state index contributed by atoms with van der Waals surface area (Å²) in [4.78, 5) is 11.4. The summed E-state index contributed by atoms with van der Waals surface area (Å²) < 4.78 is 31.9. The fraction of sp³-hybridized carbons (Fsp3) is 0.889. The van der Waals surface area contributed by atoms with Crippen LogP contribution in [0.15, 0.2) is 0 Å². The lowest BCUT2D eigenvalue weighted by Gasteiger charge is -2.27. The minimum Gasteiger partial charge on any atom is -0.464 e. The quantitative estimate of drug-likeness (QED) is 0.564.